The zero-order chi connectivity index (χ0) is 15.9. The van der Waals surface area contributed by atoms with Gasteiger partial charge in [-0.2, -0.15) is 11.8 Å². The molecule has 0 aliphatic carbocycles. The van der Waals surface area contributed by atoms with Crippen molar-refractivity contribution in [1.82, 2.24) is 10.2 Å². The average molecular weight is 335 g/mol. The third kappa shape index (κ3) is 5.21. The molecule has 2 saturated heterocycles. The molecule has 2 fully saturated rings. The third-order valence-electron chi connectivity index (χ3n) is 4.22. The van der Waals surface area contributed by atoms with Gasteiger partial charge in [-0.05, 0) is 11.6 Å². The van der Waals surface area contributed by atoms with Crippen molar-refractivity contribution < 1.29 is 9.53 Å². The Morgan fingerprint density at radius 1 is 1.35 bits per heavy atom. The minimum Gasteiger partial charge on any atom is -0.379 e. The van der Waals surface area contributed by atoms with E-state index in [0.29, 0.717) is 12.5 Å². The normalized spacial score (nSPS) is 22.7. The van der Waals surface area contributed by atoms with Crippen molar-refractivity contribution in [3.63, 3.8) is 0 Å². The summed E-state index contributed by atoms with van der Waals surface area (Å²) in [6, 6.07) is 8.40. The summed E-state index contributed by atoms with van der Waals surface area (Å²) < 4.78 is 5.40. The Hall–Kier alpha value is -1.08. The predicted octanol–water partition coefficient (Wildman–Crippen LogP) is 1.55. The van der Waals surface area contributed by atoms with Crippen molar-refractivity contribution in [2.45, 2.75) is 19.0 Å². The second kappa shape index (κ2) is 8.68. The summed E-state index contributed by atoms with van der Waals surface area (Å²) in [6.07, 6.45) is 0.541. The quantitative estimate of drug-likeness (QED) is 0.855. The fraction of sp³-hybridized carbons (Fsp3) is 0.588. The lowest BCUT2D eigenvalue weighted by molar-refractivity contribution is -0.116. The van der Waals surface area contributed by atoms with Crippen LogP contribution in [-0.4, -0.2) is 61.2 Å². The number of morpholine rings is 1. The van der Waals surface area contributed by atoms with E-state index in [-0.39, 0.29) is 5.91 Å². The molecular weight excluding hydrogens is 310 g/mol. The molecule has 3 rings (SSSR count). The Bertz CT molecular complexity index is 514. The minimum absolute atomic E-state index is 0.0967. The number of anilines is 1. The van der Waals surface area contributed by atoms with Gasteiger partial charge < -0.3 is 15.4 Å². The second-order valence-electron chi connectivity index (χ2n) is 6.02. The highest BCUT2D eigenvalue weighted by molar-refractivity contribution is 7.99. The van der Waals surface area contributed by atoms with Crippen LogP contribution in [0.15, 0.2) is 24.3 Å². The number of nitrogens with one attached hydrogen (secondary N) is 2. The van der Waals surface area contributed by atoms with Crippen molar-refractivity contribution >= 4 is 23.4 Å². The van der Waals surface area contributed by atoms with E-state index in [9.17, 15) is 4.79 Å². The zero-order valence-electron chi connectivity index (χ0n) is 13.4. The van der Waals surface area contributed by atoms with Crippen LogP contribution >= 0.6 is 11.8 Å². The molecule has 1 aromatic rings. The van der Waals surface area contributed by atoms with Crippen LogP contribution in [0, 0.1) is 0 Å². The zero-order valence-corrected chi connectivity index (χ0v) is 14.2. The van der Waals surface area contributed by atoms with Gasteiger partial charge >= 0.3 is 0 Å². The molecule has 0 spiro atoms. The molecule has 1 amide bonds. The molecule has 2 aliphatic heterocycles. The molecular formula is C17H25N3O2S. The third-order valence-corrected chi connectivity index (χ3v) is 5.35. The molecule has 5 nitrogen and oxygen atoms in total. The second-order valence-corrected chi connectivity index (χ2v) is 7.17. The van der Waals surface area contributed by atoms with Crippen molar-refractivity contribution in [1.29, 1.82) is 0 Å². The maximum absolute atomic E-state index is 12.3. The standard InChI is InChI=1S/C17H25N3O2S/c21-17(11-15-13-23-10-5-18-15)19-16-4-2-1-3-14(16)12-20-6-8-22-9-7-20/h1-4,15,18H,5-13H2,(H,19,21). The fourth-order valence-corrected chi connectivity index (χ4v) is 3.91. The summed E-state index contributed by atoms with van der Waals surface area (Å²) in [5, 5.41) is 6.51. The number of hydrogen-bond acceptors (Lipinski definition) is 5. The SMILES string of the molecule is O=C(CC1CSCCN1)Nc1ccccc1CN1CCOCC1. The van der Waals surface area contributed by atoms with E-state index in [4.69, 9.17) is 4.74 Å². The first-order chi connectivity index (χ1) is 11.3. The van der Waals surface area contributed by atoms with Gasteiger partial charge in [0.1, 0.15) is 0 Å². The van der Waals surface area contributed by atoms with Crippen molar-refractivity contribution in [3.05, 3.63) is 29.8 Å². The maximum Gasteiger partial charge on any atom is 0.225 e. The Morgan fingerprint density at radius 3 is 2.96 bits per heavy atom. The first kappa shape index (κ1) is 16.8. The van der Waals surface area contributed by atoms with E-state index < -0.39 is 0 Å². The summed E-state index contributed by atoms with van der Waals surface area (Å²) in [5.41, 5.74) is 2.11. The number of carbonyl (C=O) groups is 1. The molecule has 0 aromatic heterocycles. The summed E-state index contributed by atoms with van der Waals surface area (Å²) in [4.78, 5) is 14.7. The van der Waals surface area contributed by atoms with E-state index in [1.165, 1.54) is 5.56 Å². The fourth-order valence-electron chi connectivity index (χ4n) is 2.96. The summed E-state index contributed by atoms with van der Waals surface area (Å²) in [5.74, 6) is 2.25. The minimum atomic E-state index is 0.0967. The molecule has 1 aromatic carbocycles. The van der Waals surface area contributed by atoms with Crippen LogP contribution in [0.2, 0.25) is 0 Å². The Morgan fingerprint density at radius 2 is 2.17 bits per heavy atom. The number of amides is 1. The van der Waals surface area contributed by atoms with Gasteiger partial charge in [0.05, 0.1) is 13.2 Å². The Balaban J connectivity index is 1.57. The molecule has 1 atom stereocenters. The molecule has 1 unspecified atom stereocenters. The molecule has 0 saturated carbocycles. The monoisotopic (exact) mass is 335 g/mol. The van der Waals surface area contributed by atoms with Gasteiger partial charge in [0, 0.05) is 55.8 Å². The van der Waals surface area contributed by atoms with E-state index in [1.807, 2.05) is 30.0 Å². The molecule has 2 N–H and O–H groups in total. The number of hydrogen-bond donors (Lipinski definition) is 2. The van der Waals surface area contributed by atoms with Gasteiger partial charge in [-0.25, -0.2) is 0 Å². The largest absolute Gasteiger partial charge is 0.379 e. The molecule has 0 radical (unpaired) electrons. The molecule has 0 bridgehead atoms. The lowest BCUT2D eigenvalue weighted by Crippen LogP contribution is -2.40. The van der Waals surface area contributed by atoms with Gasteiger partial charge in [-0.1, -0.05) is 18.2 Å². The number of para-hydroxylation sites is 1. The first-order valence-corrected chi connectivity index (χ1v) is 9.46. The topological polar surface area (TPSA) is 53.6 Å². The lowest BCUT2D eigenvalue weighted by atomic mass is 10.1. The van der Waals surface area contributed by atoms with E-state index >= 15 is 0 Å². The average Bonchev–Trinajstić information content (AvgIpc) is 2.58. The van der Waals surface area contributed by atoms with Crippen LogP contribution in [0.4, 0.5) is 5.69 Å². The molecule has 6 heteroatoms. The summed E-state index contributed by atoms with van der Waals surface area (Å²) >= 11 is 1.92. The smallest absolute Gasteiger partial charge is 0.225 e. The number of nitrogens with zero attached hydrogens (tertiary/aromatic N) is 1. The lowest BCUT2D eigenvalue weighted by Gasteiger charge is -2.27. The van der Waals surface area contributed by atoms with Crippen LogP contribution in [0.3, 0.4) is 0 Å². The molecule has 2 aliphatic rings. The van der Waals surface area contributed by atoms with E-state index in [2.05, 4.69) is 21.6 Å². The highest BCUT2D eigenvalue weighted by atomic mass is 32.2. The maximum atomic E-state index is 12.3. The molecule has 126 valence electrons. The number of ether oxygens (including phenoxy) is 1. The van der Waals surface area contributed by atoms with Crippen molar-refractivity contribution in [2.24, 2.45) is 0 Å². The van der Waals surface area contributed by atoms with Gasteiger partial charge in [-0.3, -0.25) is 9.69 Å². The van der Waals surface area contributed by atoms with E-state index in [0.717, 1.165) is 56.6 Å². The molecule has 23 heavy (non-hydrogen) atoms. The van der Waals surface area contributed by atoms with Crippen molar-refractivity contribution in [3.8, 4) is 0 Å². The number of thioether (sulfide) groups is 1. The number of benzene rings is 1. The van der Waals surface area contributed by atoms with Gasteiger partial charge in [0.15, 0.2) is 0 Å². The summed E-state index contributed by atoms with van der Waals surface area (Å²) in [7, 11) is 0. The van der Waals surface area contributed by atoms with Crippen LogP contribution in [0.25, 0.3) is 0 Å². The number of rotatable bonds is 5. The summed E-state index contributed by atoms with van der Waals surface area (Å²) in [6.45, 7) is 5.34. The number of carbonyl (C=O) groups excluding carboxylic acids is 1. The van der Waals surface area contributed by atoms with Crippen LogP contribution in [-0.2, 0) is 16.1 Å². The Kier molecular flexibility index (Phi) is 6.33. The van der Waals surface area contributed by atoms with Gasteiger partial charge in [-0.15, -0.1) is 0 Å². The Labute approximate surface area is 142 Å². The van der Waals surface area contributed by atoms with Crippen LogP contribution < -0.4 is 10.6 Å². The van der Waals surface area contributed by atoms with Gasteiger partial charge in [0.2, 0.25) is 5.91 Å². The highest BCUT2D eigenvalue weighted by Gasteiger charge is 2.18. The van der Waals surface area contributed by atoms with Crippen LogP contribution in [0.1, 0.15) is 12.0 Å². The molecule has 2 heterocycles. The highest BCUT2D eigenvalue weighted by Crippen LogP contribution is 2.19. The first-order valence-electron chi connectivity index (χ1n) is 8.30. The predicted molar refractivity (Wildman–Crippen MR) is 94.9 cm³/mol. The van der Waals surface area contributed by atoms with Crippen molar-refractivity contribution in [2.75, 3.05) is 49.7 Å². The van der Waals surface area contributed by atoms with Gasteiger partial charge in [0.25, 0.3) is 0 Å². The van der Waals surface area contributed by atoms with Crippen LogP contribution in [0.5, 0.6) is 0 Å². The van der Waals surface area contributed by atoms with E-state index in [1.54, 1.807) is 0 Å².